The van der Waals surface area contributed by atoms with Gasteiger partial charge in [-0.1, -0.05) is 0 Å². The molecule has 0 aliphatic heterocycles. The minimum Gasteiger partial charge on any atom is -0.430 e. The van der Waals surface area contributed by atoms with E-state index >= 15 is 0 Å². The molecule has 4 N–H and O–H groups in total. The van der Waals surface area contributed by atoms with Crippen molar-refractivity contribution in [3.05, 3.63) is 22.6 Å². The number of carbonyl (C=O) groups excluding carboxylic acids is 1. The van der Waals surface area contributed by atoms with Crippen LogP contribution in [-0.4, -0.2) is 10.9 Å². The first kappa shape index (κ1) is 11.1. The van der Waals surface area contributed by atoms with E-state index in [-0.39, 0.29) is 5.76 Å². The standard InChI is InChI=1S/C13H15N3O2/c1-6-7-4-2-3-5-8(7)9-10(14)11(12(15)17)18-13(9)16-6/h2-5,14H2,1H3,(H2,15,17). The van der Waals surface area contributed by atoms with Crippen molar-refractivity contribution in [2.75, 3.05) is 5.73 Å². The van der Waals surface area contributed by atoms with Gasteiger partial charge in [0.15, 0.2) is 0 Å². The van der Waals surface area contributed by atoms with Crippen LogP contribution in [0.3, 0.4) is 0 Å². The number of anilines is 1. The predicted molar refractivity (Wildman–Crippen MR) is 68.3 cm³/mol. The number of aromatic nitrogens is 1. The minimum atomic E-state index is -0.646. The molecule has 0 spiro atoms. The molecule has 3 rings (SSSR count). The Morgan fingerprint density at radius 3 is 2.61 bits per heavy atom. The van der Waals surface area contributed by atoms with E-state index in [4.69, 9.17) is 15.9 Å². The summed E-state index contributed by atoms with van der Waals surface area (Å²) in [5.74, 6) is -0.622. The first-order chi connectivity index (χ1) is 8.59. The average molecular weight is 245 g/mol. The van der Waals surface area contributed by atoms with Crippen LogP contribution in [0.15, 0.2) is 4.42 Å². The number of amides is 1. The molecule has 0 bridgehead atoms. The third-order valence-electron chi connectivity index (χ3n) is 3.63. The summed E-state index contributed by atoms with van der Waals surface area (Å²) in [5, 5.41) is 0.782. The number of hydrogen-bond donors (Lipinski definition) is 2. The summed E-state index contributed by atoms with van der Waals surface area (Å²) in [7, 11) is 0. The number of nitrogens with two attached hydrogens (primary N) is 2. The summed E-state index contributed by atoms with van der Waals surface area (Å²) in [6.45, 7) is 1.96. The van der Waals surface area contributed by atoms with E-state index in [2.05, 4.69) is 4.98 Å². The Morgan fingerprint density at radius 1 is 1.28 bits per heavy atom. The van der Waals surface area contributed by atoms with Crippen LogP contribution >= 0.6 is 0 Å². The molecule has 0 saturated heterocycles. The average Bonchev–Trinajstić information content (AvgIpc) is 2.67. The van der Waals surface area contributed by atoms with Gasteiger partial charge in [0.2, 0.25) is 11.5 Å². The number of pyridine rings is 1. The molecule has 5 nitrogen and oxygen atoms in total. The lowest BCUT2D eigenvalue weighted by atomic mass is 9.89. The van der Waals surface area contributed by atoms with Crippen molar-refractivity contribution in [2.24, 2.45) is 5.73 Å². The Labute approximate surface area is 104 Å². The SMILES string of the molecule is Cc1nc2oc(C(N)=O)c(N)c2c2c1CCCC2. The Kier molecular flexibility index (Phi) is 2.29. The van der Waals surface area contributed by atoms with Crippen LogP contribution in [0.1, 0.15) is 40.2 Å². The molecule has 0 fully saturated rings. The topological polar surface area (TPSA) is 95.1 Å². The molecule has 0 radical (unpaired) electrons. The fourth-order valence-electron chi connectivity index (χ4n) is 2.79. The zero-order chi connectivity index (χ0) is 12.9. The van der Waals surface area contributed by atoms with Crippen LogP contribution in [0.4, 0.5) is 5.69 Å². The van der Waals surface area contributed by atoms with Crippen molar-refractivity contribution < 1.29 is 9.21 Å². The highest BCUT2D eigenvalue weighted by atomic mass is 16.4. The molecule has 2 aromatic heterocycles. The van der Waals surface area contributed by atoms with Crippen molar-refractivity contribution in [3.8, 4) is 0 Å². The zero-order valence-electron chi connectivity index (χ0n) is 10.2. The summed E-state index contributed by atoms with van der Waals surface area (Å²) in [5.41, 5.74) is 15.4. The summed E-state index contributed by atoms with van der Waals surface area (Å²) in [4.78, 5) is 15.7. The van der Waals surface area contributed by atoms with E-state index in [9.17, 15) is 4.79 Å². The molecule has 5 heteroatoms. The van der Waals surface area contributed by atoms with Gasteiger partial charge in [-0.3, -0.25) is 4.79 Å². The van der Waals surface area contributed by atoms with Crippen molar-refractivity contribution in [1.29, 1.82) is 0 Å². The molecular weight excluding hydrogens is 230 g/mol. The number of nitrogens with zero attached hydrogens (tertiary/aromatic N) is 1. The van der Waals surface area contributed by atoms with Gasteiger partial charge >= 0.3 is 0 Å². The maximum atomic E-state index is 11.3. The van der Waals surface area contributed by atoms with Crippen molar-refractivity contribution in [3.63, 3.8) is 0 Å². The first-order valence-corrected chi connectivity index (χ1v) is 6.09. The predicted octanol–water partition coefficient (Wildman–Crippen LogP) is 1.70. The second-order valence-corrected chi connectivity index (χ2v) is 4.75. The van der Waals surface area contributed by atoms with E-state index in [1.807, 2.05) is 6.92 Å². The summed E-state index contributed by atoms with van der Waals surface area (Å²) >= 11 is 0. The Morgan fingerprint density at radius 2 is 1.94 bits per heavy atom. The summed E-state index contributed by atoms with van der Waals surface area (Å²) in [6, 6.07) is 0. The Bertz CT molecular complexity index is 658. The van der Waals surface area contributed by atoms with Gasteiger partial charge in [0.1, 0.15) is 0 Å². The second-order valence-electron chi connectivity index (χ2n) is 4.75. The molecule has 18 heavy (non-hydrogen) atoms. The highest BCUT2D eigenvalue weighted by Gasteiger charge is 2.24. The fraction of sp³-hybridized carbons (Fsp3) is 0.385. The van der Waals surface area contributed by atoms with E-state index in [0.717, 1.165) is 30.3 Å². The van der Waals surface area contributed by atoms with E-state index in [1.165, 1.54) is 17.5 Å². The van der Waals surface area contributed by atoms with E-state index < -0.39 is 5.91 Å². The lowest BCUT2D eigenvalue weighted by Gasteiger charge is -2.17. The molecule has 0 saturated carbocycles. The van der Waals surface area contributed by atoms with Crippen molar-refractivity contribution in [2.45, 2.75) is 32.6 Å². The third kappa shape index (κ3) is 1.40. The smallest absolute Gasteiger partial charge is 0.286 e. The van der Waals surface area contributed by atoms with Crippen molar-refractivity contribution in [1.82, 2.24) is 4.98 Å². The Hall–Kier alpha value is -2.04. The summed E-state index contributed by atoms with van der Waals surface area (Å²) in [6.07, 6.45) is 4.27. The Balaban J connectivity index is 2.39. The van der Waals surface area contributed by atoms with Gasteiger partial charge in [-0.2, -0.15) is 0 Å². The number of nitrogen functional groups attached to an aromatic ring is 1. The molecule has 0 atom stereocenters. The molecule has 1 aliphatic rings. The quantitative estimate of drug-likeness (QED) is 0.799. The largest absolute Gasteiger partial charge is 0.430 e. The second kappa shape index (κ2) is 3.73. The van der Waals surface area contributed by atoms with Crippen LogP contribution in [0.2, 0.25) is 0 Å². The number of primary amides is 1. The maximum Gasteiger partial charge on any atom is 0.286 e. The summed E-state index contributed by atoms with van der Waals surface area (Å²) < 4.78 is 5.40. The van der Waals surface area contributed by atoms with Gasteiger partial charge in [-0.15, -0.1) is 0 Å². The maximum absolute atomic E-state index is 11.3. The van der Waals surface area contributed by atoms with Crippen LogP contribution in [0.5, 0.6) is 0 Å². The van der Waals surface area contributed by atoms with Gasteiger partial charge in [-0.05, 0) is 43.7 Å². The van der Waals surface area contributed by atoms with Crippen LogP contribution in [0, 0.1) is 6.92 Å². The number of fused-ring (bicyclic) bond motifs is 3. The number of furan rings is 1. The molecule has 2 heterocycles. The number of hydrogen-bond acceptors (Lipinski definition) is 4. The lowest BCUT2D eigenvalue weighted by molar-refractivity contribution is 0.0977. The first-order valence-electron chi connectivity index (χ1n) is 6.09. The van der Waals surface area contributed by atoms with Gasteiger partial charge in [-0.25, -0.2) is 4.98 Å². The normalized spacial score (nSPS) is 14.7. The number of carbonyl (C=O) groups is 1. The third-order valence-corrected chi connectivity index (χ3v) is 3.63. The molecule has 2 aromatic rings. The van der Waals surface area contributed by atoms with E-state index in [0.29, 0.717) is 11.4 Å². The number of aryl methyl sites for hydroxylation is 2. The molecule has 0 unspecified atom stereocenters. The van der Waals surface area contributed by atoms with Crippen LogP contribution < -0.4 is 11.5 Å². The molecule has 1 amide bonds. The van der Waals surface area contributed by atoms with Gasteiger partial charge in [0.05, 0.1) is 11.1 Å². The van der Waals surface area contributed by atoms with Gasteiger partial charge in [0.25, 0.3) is 5.91 Å². The fourth-order valence-corrected chi connectivity index (χ4v) is 2.79. The van der Waals surface area contributed by atoms with Crippen molar-refractivity contribution >= 4 is 22.7 Å². The van der Waals surface area contributed by atoms with Gasteiger partial charge < -0.3 is 15.9 Å². The monoisotopic (exact) mass is 245 g/mol. The van der Waals surface area contributed by atoms with Crippen LogP contribution in [0.25, 0.3) is 11.1 Å². The lowest BCUT2D eigenvalue weighted by Crippen LogP contribution is -2.12. The molecule has 1 aliphatic carbocycles. The highest BCUT2D eigenvalue weighted by molar-refractivity contribution is 6.05. The highest BCUT2D eigenvalue weighted by Crippen LogP contribution is 2.36. The number of rotatable bonds is 1. The van der Waals surface area contributed by atoms with Gasteiger partial charge in [0, 0.05) is 5.69 Å². The van der Waals surface area contributed by atoms with Crippen LogP contribution in [-0.2, 0) is 12.8 Å². The van der Waals surface area contributed by atoms with E-state index in [1.54, 1.807) is 0 Å². The molecular formula is C13H15N3O2. The zero-order valence-corrected chi connectivity index (χ0v) is 10.2. The molecule has 0 aromatic carbocycles. The minimum absolute atomic E-state index is 0.0240. The molecule has 94 valence electrons.